The monoisotopic (exact) mass is 744 g/mol. The molecule has 1 atom stereocenters. The van der Waals surface area contributed by atoms with Crippen molar-refractivity contribution >= 4 is 19.8 Å². The van der Waals surface area contributed by atoms with Crippen LogP contribution in [0, 0.1) is 0 Å². The van der Waals surface area contributed by atoms with Gasteiger partial charge >= 0.3 is 71.1 Å². The number of ether oxygens (including phenoxy) is 2. The summed E-state index contributed by atoms with van der Waals surface area (Å²) in [5.41, 5.74) is 0. The van der Waals surface area contributed by atoms with Crippen molar-refractivity contribution in [2.24, 2.45) is 0 Å². The van der Waals surface area contributed by atoms with Crippen molar-refractivity contribution < 1.29 is 97.1 Å². The van der Waals surface area contributed by atoms with Gasteiger partial charge in [-0.05, 0) is 64.2 Å². The third-order valence-electron chi connectivity index (χ3n) is 8.43. The second kappa shape index (κ2) is 42.3. The Morgan fingerprint density at radius 2 is 0.860 bits per heavy atom. The van der Waals surface area contributed by atoms with Crippen molar-refractivity contribution in [3.8, 4) is 0 Å². The van der Waals surface area contributed by atoms with Gasteiger partial charge in [-0.15, -0.1) is 0 Å². The van der Waals surface area contributed by atoms with Crippen LogP contribution in [0.25, 0.3) is 0 Å². The van der Waals surface area contributed by atoms with E-state index in [2.05, 4.69) is 42.7 Å². The van der Waals surface area contributed by atoms with E-state index in [0.717, 1.165) is 64.2 Å². The number of rotatable bonds is 36. The SMILES string of the molecule is CCCCCCCCC=CCCCCCCCC(=O)OCC(COP(=O)([O-])[O-])OC(=O)CCCCCCCC=CCCCCCCCC.[Na+].[Na+]. The minimum atomic E-state index is -5.25. The van der Waals surface area contributed by atoms with Crippen LogP contribution < -0.4 is 68.9 Å². The molecule has 0 bridgehead atoms. The van der Waals surface area contributed by atoms with Gasteiger partial charge in [0.25, 0.3) is 0 Å². The number of carbonyl (C=O) groups excluding carboxylic acids is 2. The summed E-state index contributed by atoms with van der Waals surface area (Å²) in [5, 5.41) is 0. The van der Waals surface area contributed by atoms with Crippen molar-refractivity contribution in [3.63, 3.8) is 0 Å². The minimum absolute atomic E-state index is 0. The maximum absolute atomic E-state index is 12.3. The van der Waals surface area contributed by atoms with Crippen molar-refractivity contribution in [1.82, 2.24) is 0 Å². The van der Waals surface area contributed by atoms with Gasteiger partial charge in [0, 0.05) is 12.8 Å². The first kappa shape index (κ1) is 54.9. The van der Waals surface area contributed by atoms with Crippen LogP contribution in [0.1, 0.15) is 194 Å². The van der Waals surface area contributed by atoms with E-state index in [1.807, 2.05) is 0 Å². The third kappa shape index (κ3) is 44.7. The molecule has 0 amide bonds. The first-order chi connectivity index (χ1) is 23.3. The summed E-state index contributed by atoms with van der Waals surface area (Å²) in [6.45, 7) is 3.47. The van der Waals surface area contributed by atoms with Gasteiger partial charge in [-0.3, -0.25) is 9.59 Å². The van der Waals surface area contributed by atoms with Gasteiger partial charge in [0.1, 0.15) is 6.61 Å². The summed E-state index contributed by atoms with van der Waals surface area (Å²) in [5.74, 6) is -0.973. The number of allylic oxidation sites excluding steroid dienone is 4. The first-order valence-corrected chi connectivity index (χ1v) is 21.1. The standard InChI is InChI=1S/C39H73O8P.2Na/c1-3-5-7-9-11-13-15-17-19-21-23-25-27-29-31-33-38(40)45-35-37(36-46-48(42,43)44)47-39(41)34-32-30-28-26-24-22-20-18-16-14-12-10-8-6-4-2;;/h17-20,37H,3-16,21-36H2,1-2H3,(H2,42,43,44);;/q;2*+1/p-2. The van der Waals surface area contributed by atoms with Crippen LogP contribution in [0.5, 0.6) is 0 Å². The molecule has 0 radical (unpaired) electrons. The van der Waals surface area contributed by atoms with Crippen LogP contribution in [0.3, 0.4) is 0 Å². The topological polar surface area (TPSA) is 125 Å². The molecule has 0 heterocycles. The molecule has 282 valence electrons. The van der Waals surface area contributed by atoms with Crippen molar-refractivity contribution in [1.29, 1.82) is 0 Å². The third-order valence-corrected chi connectivity index (χ3v) is 8.90. The van der Waals surface area contributed by atoms with E-state index in [9.17, 15) is 23.9 Å². The Bertz CT molecular complexity index is 850. The Kier molecular flexibility index (Phi) is 46.4. The maximum Gasteiger partial charge on any atom is 1.00 e. The molecule has 0 saturated heterocycles. The molecule has 0 aliphatic heterocycles. The summed E-state index contributed by atoms with van der Waals surface area (Å²) in [6.07, 6.45) is 38.5. The van der Waals surface area contributed by atoms with Crippen LogP contribution in [0.2, 0.25) is 0 Å². The van der Waals surface area contributed by atoms with Crippen LogP contribution in [-0.2, 0) is 28.2 Å². The molecular weight excluding hydrogens is 673 g/mol. The maximum atomic E-state index is 12.3. The van der Waals surface area contributed by atoms with Crippen LogP contribution in [0.15, 0.2) is 24.3 Å². The number of phosphoric acid groups is 1. The summed E-state index contributed by atoms with van der Waals surface area (Å²) in [6, 6.07) is 0. The van der Waals surface area contributed by atoms with Gasteiger partial charge in [-0.1, -0.05) is 141 Å². The minimum Gasteiger partial charge on any atom is -0.790 e. The van der Waals surface area contributed by atoms with Crippen LogP contribution in [0.4, 0.5) is 0 Å². The molecule has 0 aromatic heterocycles. The number of hydrogen-bond acceptors (Lipinski definition) is 8. The van der Waals surface area contributed by atoms with Gasteiger partial charge in [-0.25, -0.2) is 0 Å². The molecular formula is C39H71Na2O8P. The number of phosphoric ester groups is 1. The summed E-state index contributed by atoms with van der Waals surface area (Å²) < 4.78 is 25.8. The van der Waals surface area contributed by atoms with Gasteiger partial charge in [0.15, 0.2) is 6.10 Å². The van der Waals surface area contributed by atoms with Crippen molar-refractivity contribution in [2.75, 3.05) is 13.2 Å². The number of esters is 2. The first-order valence-electron chi connectivity index (χ1n) is 19.6. The van der Waals surface area contributed by atoms with Gasteiger partial charge in [0.05, 0.1) is 14.4 Å². The Morgan fingerprint density at radius 1 is 0.520 bits per heavy atom. The Morgan fingerprint density at radius 3 is 1.24 bits per heavy atom. The molecule has 8 nitrogen and oxygen atoms in total. The van der Waals surface area contributed by atoms with E-state index in [1.165, 1.54) is 89.9 Å². The average molecular weight is 745 g/mol. The second-order valence-electron chi connectivity index (χ2n) is 13.2. The van der Waals surface area contributed by atoms with E-state index in [0.29, 0.717) is 12.8 Å². The molecule has 0 aliphatic rings. The van der Waals surface area contributed by atoms with E-state index in [1.54, 1.807) is 0 Å². The number of carbonyl (C=O) groups is 2. The summed E-state index contributed by atoms with van der Waals surface area (Å²) in [4.78, 5) is 46.4. The molecule has 50 heavy (non-hydrogen) atoms. The zero-order valence-corrected chi connectivity index (χ0v) is 37.7. The predicted molar refractivity (Wildman–Crippen MR) is 193 cm³/mol. The Balaban J connectivity index is -0.0000110. The quantitative estimate of drug-likeness (QED) is 0.0305. The van der Waals surface area contributed by atoms with Crippen molar-refractivity contribution in [3.05, 3.63) is 24.3 Å². The van der Waals surface area contributed by atoms with Crippen molar-refractivity contribution in [2.45, 2.75) is 200 Å². The fraction of sp³-hybridized carbons (Fsp3) is 0.846. The fourth-order valence-electron chi connectivity index (χ4n) is 5.47. The molecule has 0 saturated carbocycles. The molecule has 0 N–H and O–H groups in total. The summed E-state index contributed by atoms with van der Waals surface area (Å²) in [7, 11) is -5.25. The molecule has 0 aromatic rings. The zero-order valence-electron chi connectivity index (χ0n) is 32.8. The van der Waals surface area contributed by atoms with E-state index in [-0.39, 0.29) is 78.6 Å². The smallest absolute Gasteiger partial charge is 0.790 e. The molecule has 0 aromatic carbocycles. The van der Waals surface area contributed by atoms with E-state index >= 15 is 0 Å². The Hall–Kier alpha value is 0.530. The van der Waals surface area contributed by atoms with E-state index < -0.39 is 32.5 Å². The van der Waals surface area contributed by atoms with Gasteiger partial charge in [-0.2, -0.15) is 0 Å². The molecule has 11 heteroatoms. The fourth-order valence-corrected chi connectivity index (χ4v) is 5.82. The molecule has 0 rings (SSSR count). The molecule has 0 fully saturated rings. The normalized spacial score (nSPS) is 12.2. The van der Waals surface area contributed by atoms with Gasteiger partial charge in [0.2, 0.25) is 0 Å². The summed E-state index contributed by atoms with van der Waals surface area (Å²) >= 11 is 0. The zero-order chi connectivity index (χ0) is 35.4. The van der Waals surface area contributed by atoms with Crippen LogP contribution >= 0.6 is 7.82 Å². The van der Waals surface area contributed by atoms with E-state index in [4.69, 9.17) is 9.47 Å². The second-order valence-corrected chi connectivity index (χ2v) is 14.4. The molecule has 1 unspecified atom stereocenters. The molecule has 0 aliphatic carbocycles. The van der Waals surface area contributed by atoms with Crippen LogP contribution in [-0.4, -0.2) is 31.3 Å². The predicted octanol–water partition coefficient (Wildman–Crippen LogP) is 4.37. The van der Waals surface area contributed by atoms with Gasteiger partial charge < -0.3 is 28.3 Å². The largest absolute Gasteiger partial charge is 1.00 e. The molecule has 0 spiro atoms. The number of unbranched alkanes of at least 4 members (excludes halogenated alkanes) is 22. The Labute approximate surface area is 351 Å². The number of hydrogen-bond donors (Lipinski definition) is 0. The average Bonchev–Trinajstić information content (AvgIpc) is 3.05.